The van der Waals surface area contributed by atoms with Gasteiger partial charge in [-0.2, -0.15) is 4.31 Å². The van der Waals surface area contributed by atoms with Gasteiger partial charge in [-0.05, 0) is 48.0 Å². The summed E-state index contributed by atoms with van der Waals surface area (Å²) in [5.41, 5.74) is 1.34. The number of sulfonamides is 1. The number of ketones is 1. The number of morpholine rings is 1. The third kappa shape index (κ3) is 4.48. The van der Waals surface area contributed by atoms with Crippen LogP contribution in [0.5, 0.6) is 0 Å². The summed E-state index contributed by atoms with van der Waals surface area (Å²) in [6, 6.07) is 13.6. The van der Waals surface area contributed by atoms with Crippen LogP contribution in [0.15, 0.2) is 64.0 Å². The van der Waals surface area contributed by atoms with E-state index in [9.17, 15) is 13.2 Å². The van der Waals surface area contributed by atoms with E-state index in [-0.39, 0.29) is 10.7 Å². The molecule has 1 heterocycles. The molecule has 0 N–H and O–H groups in total. The summed E-state index contributed by atoms with van der Waals surface area (Å²) in [4.78, 5) is 12.5. The maximum Gasteiger partial charge on any atom is 0.243 e. The molecule has 0 spiro atoms. The number of hydrogen-bond donors (Lipinski definition) is 0. The van der Waals surface area contributed by atoms with Crippen LogP contribution < -0.4 is 0 Å². The van der Waals surface area contributed by atoms with Crippen molar-refractivity contribution in [1.82, 2.24) is 4.31 Å². The van der Waals surface area contributed by atoms with E-state index in [1.807, 2.05) is 24.3 Å². The fourth-order valence-electron chi connectivity index (χ4n) is 2.61. The molecule has 5 nitrogen and oxygen atoms in total. The lowest BCUT2D eigenvalue weighted by atomic mass is 10.1. The average Bonchev–Trinajstić information content (AvgIpc) is 2.67. The molecule has 0 aromatic heterocycles. The van der Waals surface area contributed by atoms with Gasteiger partial charge in [0.2, 0.25) is 10.0 Å². The first kappa shape index (κ1) is 19.0. The molecular formula is C19H18BrNO4S. The molecule has 1 aliphatic rings. The van der Waals surface area contributed by atoms with Gasteiger partial charge in [-0.25, -0.2) is 8.42 Å². The molecule has 0 bridgehead atoms. The molecule has 1 aliphatic heterocycles. The SMILES string of the molecule is O=C(/C=C/c1cccc(Br)c1)c1ccc(S(=O)(=O)N2CCOCC2)cc1. The fourth-order valence-corrected chi connectivity index (χ4v) is 4.43. The van der Waals surface area contributed by atoms with Gasteiger partial charge in [-0.1, -0.05) is 34.1 Å². The highest BCUT2D eigenvalue weighted by Gasteiger charge is 2.26. The van der Waals surface area contributed by atoms with Gasteiger partial charge >= 0.3 is 0 Å². The van der Waals surface area contributed by atoms with Crippen molar-refractivity contribution in [2.75, 3.05) is 26.3 Å². The maximum absolute atomic E-state index is 12.6. The second-order valence-electron chi connectivity index (χ2n) is 5.79. The Kier molecular flexibility index (Phi) is 6.03. The zero-order valence-corrected chi connectivity index (χ0v) is 16.4. The Hall–Kier alpha value is -1.80. The van der Waals surface area contributed by atoms with Crippen LogP contribution in [-0.4, -0.2) is 44.8 Å². The first-order valence-electron chi connectivity index (χ1n) is 8.13. The average molecular weight is 436 g/mol. The van der Waals surface area contributed by atoms with Crippen molar-refractivity contribution in [2.24, 2.45) is 0 Å². The second-order valence-corrected chi connectivity index (χ2v) is 8.65. The van der Waals surface area contributed by atoms with E-state index in [0.717, 1.165) is 10.0 Å². The van der Waals surface area contributed by atoms with Crippen molar-refractivity contribution in [3.8, 4) is 0 Å². The Balaban J connectivity index is 1.73. The number of allylic oxidation sites excluding steroid dienone is 1. The van der Waals surface area contributed by atoms with Crippen molar-refractivity contribution in [2.45, 2.75) is 4.90 Å². The number of hydrogen-bond acceptors (Lipinski definition) is 4. The Bertz CT molecular complexity index is 917. The molecule has 3 rings (SSSR count). The third-order valence-electron chi connectivity index (χ3n) is 4.02. The van der Waals surface area contributed by atoms with Crippen LogP contribution in [0.4, 0.5) is 0 Å². The molecule has 0 radical (unpaired) electrons. The summed E-state index contributed by atoms with van der Waals surface area (Å²) in [6.07, 6.45) is 3.21. The zero-order valence-electron chi connectivity index (χ0n) is 14.0. The van der Waals surface area contributed by atoms with Crippen LogP contribution in [0.25, 0.3) is 6.08 Å². The summed E-state index contributed by atoms with van der Waals surface area (Å²) in [6.45, 7) is 1.49. The van der Waals surface area contributed by atoms with Gasteiger partial charge in [0.1, 0.15) is 0 Å². The maximum atomic E-state index is 12.6. The van der Waals surface area contributed by atoms with E-state index >= 15 is 0 Å². The highest BCUT2D eigenvalue weighted by atomic mass is 79.9. The van der Waals surface area contributed by atoms with Crippen LogP contribution in [0.3, 0.4) is 0 Å². The number of nitrogens with zero attached hydrogens (tertiary/aromatic N) is 1. The van der Waals surface area contributed by atoms with Gasteiger partial charge in [0.05, 0.1) is 18.1 Å². The van der Waals surface area contributed by atoms with Crippen LogP contribution in [0.1, 0.15) is 15.9 Å². The number of ether oxygens (including phenoxy) is 1. The largest absolute Gasteiger partial charge is 0.379 e. The molecular weight excluding hydrogens is 418 g/mol. The Morgan fingerprint density at radius 2 is 1.77 bits per heavy atom. The van der Waals surface area contributed by atoms with Crippen LogP contribution >= 0.6 is 15.9 Å². The van der Waals surface area contributed by atoms with Crippen molar-refractivity contribution in [3.05, 3.63) is 70.2 Å². The lowest BCUT2D eigenvalue weighted by Crippen LogP contribution is -2.40. The minimum absolute atomic E-state index is 0.180. The molecule has 2 aromatic rings. The standard InChI is InChI=1S/C19H18BrNO4S/c20-17-3-1-2-15(14-17)4-9-19(22)16-5-7-18(8-6-16)26(23,24)21-10-12-25-13-11-21/h1-9,14H,10-13H2/b9-4+. The quantitative estimate of drug-likeness (QED) is 0.533. The summed E-state index contributed by atoms with van der Waals surface area (Å²) >= 11 is 3.39. The fraction of sp³-hybridized carbons (Fsp3) is 0.211. The van der Waals surface area contributed by atoms with E-state index in [0.29, 0.717) is 31.9 Å². The molecule has 0 atom stereocenters. The summed E-state index contributed by atoms with van der Waals surface area (Å²) in [5.74, 6) is -0.180. The first-order valence-corrected chi connectivity index (χ1v) is 10.4. The monoisotopic (exact) mass is 435 g/mol. The third-order valence-corrected chi connectivity index (χ3v) is 6.43. The number of benzene rings is 2. The zero-order chi connectivity index (χ0) is 18.6. The number of carbonyl (C=O) groups is 1. The topological polar surface area (TPSA) is 63.7 Å². The van der Waals surface area contributed by atoms with Gasteiger partial charge < -0.3 is 4.74 Å². The molecule has 0 aliphatic carbocycles. The predicted molar refractivity (Wildman–Crippen MR) is 104 cm³/mol. The first-order chi connectivity index (χ1) is 12.5. The lowest BCUT2D eigenvalue weighted by Gasteiger charge is -2.26. The van der Waals surface area contributed by atoms with Crippen molar-refractivity contribution < 1.29 is 17.9 Å². The van der Waals surface area contributed by atoms with E-state index in [2.05, 4.69) is 15.9 Å². The molecule has 7 heteroatoms. The smallest absolute Gasteiger partial charge is 0.243 e. The predicted octanol–water partition coefficient (Wildman–Crippen LogP) is 3.37. The van der Waals surface area contributed by atoms with E-state index in [1.165, 1.54) is 22.5 Å². The van der Waals surface area contributed by atoms with Crippen LogP contribution in [-0.2, 0) is 14.8 Å². The van der Waals surface area contributed by atoms with Crippen LogP contribution in [0.2, 0.25) is 0 Å². The number of halogens is 1. The number of carbonyl (C=O) groups excluding carboxylic acids is 1. The van der Waals surface area contributed by atoms with E-state index in [4.69, 9.17) is 4.74 Å². The van der Waals surface area contributed by atoms with Gasteiger partial charge in [0, 0.05) is 23.1 Å². The minimum Gasteiger partial charge on any atom is -0.379 e. The Labute approximate surface area is 161 Å². The lowest BCUT2D eigenvalue weighted by molar-refractivity contribution is 0.0730. The molecule has 0 saturated carbocycles. The molecule has 0 amide bonds. The summed E-state index contributed by atoms with van der Waals surface area (Å²) in [5, 5.41) is 0. The molecule has 1 saturated heterocycles. The highest BCUT2D eigenvalue weighted by molar-refractivity contribution is 9.10. The van der Waals surface area contributed by atoms with Crippen molar-refractivity contribution >= 4 is 37.8 Å². The van der Waals surface area contributed by atoms with Crippen LogP contribution in [0, 0.1) is 0 Å². The van der Waals surface area contributed by atoms with Crippen molar-refractivity contribution in [1.29, 1.82) is 0 Å². The summed E-state index contributed by atoms with van der Waals surface area (Å²) in [7, 11) is -3.55. The van der Waals surface area contributed by atoms with Gasteiger partial charge in [0.25, 0.3) is 0 Å². The molecule has 1 fully saturated rings. The molecule has 2 aromatic carbocycles. The molecule has 136 valence electrons. The number of rotatable bonds is 5. The summed E-state index contributed by atoms with van der Waals surface area (Å²) < 4.78 is 32.7. The second kappa shape index (κ2) is 8.26. The molecule has 26 heavy (non-hydrogen) atoms. The Morgan fingerprint density at radius 3 is 2.42 bits per heavy atom. The van der Waals surface area contributed by atoms with Gasteiger partial charge in [-0.3, -0.25) is 4.79 Å². The highest BCUT2D eigenvalue weighted by Crippen LogP contribution is 2.18. The van der Waals surface area contributed by atoms with Gasteiger partial charge in [-0.15, -0.1) is 0 Å². The van der Waals surface area contributed by atoms with Gasteiger partial charge in [0.15, 0.2) is 5.78 Å². The van der Waals surface area contributed by atoms with E-state index < -0.39 is 10.0 Å². The minimum atomic E-state index is -3.55. The normalized spacial score (nSPS) is 16.0. The van der Waals surface area contributed by atoms with E-state index in [1.54, 1.807) is 18.2 Å². The molecule has 0 unspecified atom stereocenters. The Morgan fingerprint density at radius 1 is 1.08 bits per heavy atom. The van der Waals surface area contributed by atoms with Crippen molar-refractivity contribution in [3.63, 3.8) is 0 Å².